The van der Waals surface area contributed by atoms with E-state index < -0.39 is 15.7 Å². The Bertz CT molecular complexity index is 1200. The first kappa shape index (κ1) is 20.4. The summed E-state index contributed by atoms with van der Waals surface area (Å²) in [6, 6.07) is 4.06. The molecule has 1 saturated heterocycles. The highest BCUT2D eigenvalue weighted by Crippen LogP contribution is 2.41. The zero-order chi connectivity index (χ0) is 20.9. The highest BCUT2D eigenvalue weighted by atomic mass is 35.5. The van der Waals surface area contributed by atoms with Crippen molar-refractivity contribution in [3.8, 4) is 11.1 Å². The molecule has 154 valence electrons. The van der Waals surface area contributed by atoms with Crippen molar-refractivity contribution in [2.45, 2.75) is 24.7 Å². The van der Waals surface area contributed by atoms with Crippen molar-refractivity contribution >= 4 is 44.5 Å². The van der Waals surface area contributed by atoms with Crippen LogP contribution in [0.1, 0.15) is 19.8 Å². The van der Waals surface area contributed by atoms with Crippen LogP contribution in [0, 0.1) is 11.7 Å². The first-order valence-electron chi connectivity index (χ1n) is 9.14. The summed E-state index contributed by atoms with van der Waals surface area (Å²) in [5.41, 5.74) is 1.17. The van der Waals surface area contributed by atoms with Gasteiger partial charge in [-0.3, -0.25) is 0 Å². The zero-order valence-electron chi connectivity index (χ0n) is 15.9. The minimum atomic E-state index is -3.55. The third kappa shape index (κ3) is 3.69. The van der Waals surface area contributed by atoms with Crippen LogP contribution in [0.25, 0.3) is 16.8 Å². The number of piperidine rings is 1. The summed E-state index contributed by atoms with van der Waals surface area (Å²) in [4.78, 5) is 6.43. The lowest BCUT2D eigenvalue weighted by Crippen LogP contribution is -2.34. The lowest BCUT2D eigenvalue weighted by atomic mass is 9.98. The van der Waals surface area contributed by atoms with E-state index in [1.54, 1.807) is 6.07 Å². The Morgan fingerprint density at radius 2 is 1.90 bits per heavy atom. The van der Waals surface area contributed by atoms with E-state index in [0.29, 0.717) is 22.9 Å². The van der Waals surface area contributed by atoms with E-state index >= 15 is 0 Å². The normalized spacial score (nSPS) is 16.0. The molecule has 1 fully saturated rings. The van der Waals surface area contributed by atoms with Crippen molar-refractivity contribution in [1.29, 1.82) is 0 Å². The fourth-order valence-corrected chi connectivity index (χ4v) is 4.86. The van der Waals surface area contributed by atoms with Gasteiger partial charge in [0.15, 0.2) is 15.5 Å². The van der Waals surface area contributed by atoms with Crippen LogP contribution < -0.4 is 4.90 Å². The molecule has 0 saturated carbocycles. The summed E-state index contributed by atoms with van der Waals surface area (Å²) in [6.45, 7) is 3.69. The summed E-state index contributed by atoms with van der Waals surface area (Å²) >= 11 is 12.9. The van der Waals surface area contributed by atoms with Crippen LogP contribution in [0.15, 0.2) is 29.3 Å². The average molecular weight is 457 g/mol. The molecule has 0 aliphatic carbocycles. The standard InChI is InChI=1S/C19H19Cl2FN4O2S/c1-11-5-7-25(8-6-11)19-16(13-4-3-12(22)9-14(13)20)17(21)24-18-15(29(2,27)28)10-23-26(18)19/h3-4,9-11H,5-8H2,1-2H3. The maximum atomic E-state index is 13.6. The van der Waals surface area contributed by atoms with Crippen LogP contribution in [0.5, 0.6) is 0 Å². The number of aromatic nitrogens is 3. The molecule has 1 aliphatic rings. The molecule has 3 aromatic rings. The van der Waals surface area contributed by atoms with E-state index in [1.807, 2.05) is 0 Å². The van der Waals surface area contributed by atoms with Crippen LogP contribution in [0.4, 0.5) is 10.2 Å². The topological polar surface area (TPSA) is 67.6 Å². The second-order valence-corrected chi connectivity index (χ2v) is 10.2. The maximum absolute atomic E-state index is 13.6. The third-order valence-corrected chi connectivity index (χ3v) is 6.90. The average Bonchev–Trinajstić information content (AvgIpc) is 3.06. The Labute approximate surface area is 178 Å². The van der Waals surface area contributed by atoms with Gasteiger partial charge in [0.1, 0.15) is 21.7 Å². The first-order valence-corrected chi connectivity index (χ1v) is 11.8. The van der Waals surface area contributed by atoms with E-state index in [2.05, 4.69) is 21.9 Å². The Balaban J connectivity index is 2.04. The Morgan fingerprint density at radius 1 is 1.21 bits per heavy atom. The molecule has 0 atom stereocenters. The van der Waals surface area contributed by atoms with Gasteiger partial charge >= 0.3 is 0 Å². The maximum Gasteiger partial charge on any atom is 0.180 e. The van der Waals surface area contributed by atoms with Gasteiger partial charge in [0.05, 0.1) is 16.8 Å². The number of hydrogen-bond donors (Lipinski definition) is 0. The summed E-state index contributed by atoms with van der Waals surface area (Å²) in [6.07, 6.45) is 4.32. The molecule has 1 aromatic carbocycles. The molecule has 3 heterocycles. The van der Waals surface area contributed by atoms with E-state index in [-0.39, 0.29) is 20.7 Å². The molecule has 0 unspecified atom stereocenters. The van der Waals surface area contributed by atoms with E-state index in [1.165, 1.54) is 22.8 Å². The SMILES string of the molecule is CC1CCN(c2c(-c3ccc(F)cc3Cl)c(Cl)nc3c(S(C)(=O)=O)cnn23)CC1. The van der Waals surface area contributed by atoms with Crippen LogP contribution >= 0.6 is 23.2 Å². The molecule has 1 aliphatic heterocycles. The molecule has 10 heteroatoms. The molecule has 4 rings (SSSR count). The van der Waals surface area contributed by atoms with Gasteiger partial charge in [0.2, 0.25) is 0 Å². The van der Waals surface area contributed by atoms with Crippen molar-refractivity contribution in [2.75, 3.05) is 24.2 Å². The smallest absolute Gasteiger partial charge is 0.180 e. The minimum absolute atomic E-state index is 0.00257. The number of fused-ring (bicyclic) bond motifs is 1. The van der Waals surface area contributed by atoms with Crippen LogP contribution in [0.3, 0.4) is 0 Å². The fourth-order valence-electron chi connectivity index (χ4n) is 3.63. The van der Waals surface area contributed by atoms with Gasteiger partial charge in [-0.2, -0.15) is 9.61 Å². The molecule has 29 heavy (non-hydrogen) atoms. The van der Waals surface area contributed by atoms with Crippen molar-refractivity contribution in [3.05, 3.63) is 40.4 Å². The van der Waals surface area contributed by atoms with Crippen LogP contribution in [-0.2, 0) is 9.84 Å². The highest BCUT2D eigenvalue weighted by Gasteiger charge is 2.28. The first-order chi connectivity index (χ1) is 13.7. The molecule has 0 radical (unpaired) electrons. The molecule has 0 amide bonds. The predicted octanol–water partition coefficient (Wildman–Crippen LogP) is 4.48. The number of benzene rings is 1. The monoisotopic (exact) mass is 456 g/mol. The van der Waals surface area contributed by atoms with Gasteiger partial charge in [0, 0.05) is 24.9 Å². The largest absolute Gasteiger partial charge is 0.356 e. The predicted molar refractivity (Wildman–Crippen MR) is 112 cm³/mol. The number of sulfone groups is 1. The van der Waals surface area contributed by atoms with Crippen molar-refractivity contribution < 1.29 is 12.8 Å². The lowest BCUT2D eigenvalue weighted by molar-refractivity contribution is 0.435. The summed E-state index contributed by atoms with van der Waals surface area (Å²) < 4.78 is 39.5. The van der Waals surface area contributed by atoms with Gasteiger partial charge < -0.3 is 4.90 Å². The minimum Gasteiger partial charge on any atom is -0.356 e. The second kappa shape index (κ2) is 7.41. The molecule has 2 aromatic heterocycles. The Kier molecular flexibility index (Phi) is 5.21. The van der Waals surface area contributed by atoms with Crippen LogP contribution in [-0.4, -0.2) is 42.4 Å². The number of rotatable bonds is 3. The summed E-state index contributed by atoms with van der Waals surface area (Å²) in [7, 11) is -3.55. The molecule has 0 N–H and O–H groups in total. The molecular formula is C19H19Cl2FN4O2S. The van der Waals surface area contributed by atoms with Gasteiger partial charge in [-0.15, -0.1) is 0 Å². The molecule has 6 nitrogen and oxygen atoms in total. The second-order valence-electron chi connectivity index (χ2n) is 7.41. The molecular weight excluding hydrogens is 438 g/mol. The van der Waals surface area contributed by atoms with Crippen LogP contribution in [0.2, 0.25) is 10.2 Å². The summed E-state index contributed by atoms with van der Waals surface area (Å²) in [5.74, 6) is 0.729. The van der Waals surface area contributed by atoms with Crippen molar-refractivity contribution in [2.24, 2.45) is 5.92 Å². The molecule has 0 spiro atoms. The fraction of sp³-hybridized carbons (Fsp3) is 0.368. The third-order valence-electron chi connectivity index (χ3n) is 5.23. The van der Waals surface area contributed by atoms with Gasteiger partial charge in [-0.05, 0) is 37.0 Å². The lowest BCUT2D eigenvalue weighted by Gasteiger charge is -2.33. The molecule has 0 bridgehead atoms. The Morgan fingerprint density at radius 3 is 2.52 bits per heavy atom. The van der Waals surface area contributed by atoms with Crippen molar-refractivity contribution in [1.82, 2.24) is 14.6 Å². The van der Waals surface area contributed by atoms with Gasteiger partial charge in [0.25, 0.3) is 0 Å². The van der Waals surface area contributed by atoms with Gasteiger partial charge in [-0.25, -0.2) is 17.8 Å². The quantitative estimate of drug-likeness (QED) is 0.543. The number of halogens is 3. The van der Waals surface area contributed by atoms with Gasteiger partial charge in [-0.1, -0.05) is 30.1 Å². The number of hydrogen-bond acceptors (Lipinski definition) is 5. The summed E-state index contributed by atoms with van der Waals surface area (Å²) in [5, 5.41) is 4.59. The Hall–Kier alpha value is -1.90. The highest BCUT2D eigenvalue weighted by molar-refractivity contribution is 7.90. The zero-order valence-corrected chi connectivity index (χ0v) is 18.2. The van der Waals surface area contributed by atoms with Crippen molar-refractivity contribution in [3.63, 3.8) is 0 Å². The van der Waals surface area contributed by atoms with E-state index in [9.17, 15) is 12.8 Å². The van der Waals surface area contributed by atoms with E-state index in [0.717, 1.165) is 32.2 Å². The number of anilines is 1. The number of nitrogens with zero attached hydrogens (tertiary/aromatic N) is 4. The van der Waals surface area contributed by atoms with E-state index in [4.69, 9.17) is 23.2 Å².